The van der Waals surface area contributed by atoms with Gasteiger partial charge >= 0.3 is 6.18 Å². The highest BCUT2D eigenvalue weighted by Crippen LogP contribution is 2.40. The van der Waals surface area contributed by atoms with Crippen LogP contribution in [0.1, 0.15) is 12.0 Å². The molecule has 0 radical (unpaired) electrons. The van der Waals surface area contributed by atoms with Crippen molar-refractivity contribution in [2.45, 2.75) is 18.6 Å². The van der Waals surface area contributed by atoms with Crippen LogP contribution in [0.25, 0.3) is 11.3 Å². The third-order valence-corrected chi connectivity index (χ3v) is 4.89. The third kappa shape index (κ3) is 2.56. The largest absolute Gasteiger partial charge is 0.416 e. The number of fused-ring (bicyclic) bond motifs is 4. The normalized spacial score (nSPS) is 19.5. The minimum absolute atomic E-state index is 0.366. The van der Waals surface area contributed by atoms with Crippen molar-refractivity contribution < 1.29 is 13.2 Å². The molecule has 0 amide bonds. The van der Waals surface area contributed by atoms with Crippen LogP contribution in [0.3, 0.4) is 0 Å². The van der Waals surface area contributed by atoms with Gasteiger partial charge in [-0.2, -0.15) is 13.2 Å². The molecule has 1 N–H and O–H groups in total. The highest BCUT2D eigenvalue weighted by molar-refractivity contribution is 9.10. The first-order valence-electron chi connectivity index (χ1n) is 7.31. The molecule has 1 fully saturated rings. The van der Waals surface area contributed by atoms with Crippen LogP contribution in [0.2, 0.25) is 0 Å². The van der Waals surface area contributed by atoms with Crippen molar-refractivity contribution in [3.05, 3.63) is 40.4 Å². The summed E-state index contributed by atoms with van der Waals surface area (Å²) in [5.41, 5.74) is 1.30. The molecular formula is C16H13BrF3N3. The molecule has 0 unspecified atom stereocenters. The second-order valence-corrected chi connectivity index (χ2v) is 6.70. The zero-order valence-corrected chi connectivity index (χ0v) is 13.6. The molecule has 2 bridgehead atoms. The Morgan fingerprint density at radius 3 is 2.87 bits per heavy atom. The Morgan fingerprint density at radius 1 is 1.26 bits per heavy atom. The van der Waals surface area contributed by atoms with Gasteiger partial charge < -0.3 is 10.2 Å². The van der Waals surface area contributed by atoms with Gasteiger partial charge in [0, 0.05) is 29.2 Å². The molecule has 1 aromatic carbocycles. The number of pyridine rings is 1. The standard InChI is InChI=1S/C16H13BrF3N3/c17-12-7-13-15(21-11-4-5-23(13)8-11)22-14(12)9-2-1-3-10(6-9)16(18,19)20/h1-3,6-7,11H,4-5,8H2,(H,21,22)/t11-/m0/s1. The lowest BCUT2D eigenvalue weighted by Gasteiger charge is -2.28. The molecule has 1 atom stereocenters. The van der Waals surface area contributed by atoms with Gasteiger partial charge in [-0.1, -0.05) is 12.1 Å². The van der Waals surface area contributed by atoms with E-state index in [9.17, 15) is 13.2 Å². The van der Waals surface area contributed by atoms with Crippen molar-refractivity contribution in [3.63, 3.8) is 0 Å². The summed E-state index contributed by atoms with van der Waals surface area (Å²) in [4.78, 5) is 6.83. The van der Waals surface area contributed by atoms with E-state index in [1.54, 1.807) is 6.07 Å². The molecule has 4 rings (SSSR count). The Balaban J connectivity index is 1.80. The Morgan fingerprint density at radius 2 is 2.09 bits per heavy atom. The zero-order chi connectivity index (χ0) is 16.2. The molecule has 1 saturated heterocycles. The maximum Gasteiger partial charge on any atom is 0.416 e. The molecule has 0 aliphatic carbocycles. The highest BCUT2D eigenvalue weighted by atomic mass is 79.9. The Bertz CT molecular complexity index is 776. The number of hydrogen-bond donors (Lipinski definition) is 1. The number of hydrogen-bond acceptors (Lipinski definition) is 3. The molecule has 7 heteroatoms. The van der Waals surface area contributed by atoms with Crippen LogP contribution in [-0.2, 0) is 6.18 Å². The molecule has 0 spiro atoms. The van der Waals surface area contributed by atoms with E-state index in [1.165, 1.54) is 6.07 Å². The molecule has 0 saturated carbocycles. The van der Waals surface area contributed by atoms with E-state index in [-0.39, 0.29) is 0 Å². The summed E-state index contributed by atoms with van der Waals surface area (Å²) in [7, 11) is 0. The van der Waals surface area contributed by atoms with E-state index in [2.05, 4.69) is 31.1 Å². The second-order valence-electron chi connectivity index (χ2n) is 5.84. The number of aromatic nitrogens is 1. The lowest BCUT2D eigenvalue weighted by molar-refractivity contribution is -0.137. The third-order valence-electron chi connectivity index (χ3n) is 4.29. The van der Waals surface area contributed by atoms with E-state index < -0.39 is 11.7 Å². The fourth-order valence-corrected chi connectivity index (χ4v) is 3.70. The molecular weight excluding hydrogens is 371 g/mol. The van der Waals surface area contributed by atoms with Gasteiger partial charge in [-0.3, -0.25) is 0 Å². The van der Waals surface area contributed by atoms with Gasteiger partial charge in [0.1, 0.15) is 0 Å². The summed E-state index contributed by atoms with van der Waals surface area (Å²) in [6, 6.07) is 7.56. The van der Waals surface area contributed by atoms with Gasteiger partial charge in [-0.15, -0.1) is 0 Å². The average molecular weight is 384 g/mol. The van der Waals surface area contributed by atoms with E-state index in [4.69, 9.17) is 0 Å². The fraction of sp³-hybridized carbons (Fsp3) is 0.312. The number of benzene rings is 1. The van der Waals surface area contributed by atoms with E-state index in [1.807, 2.05) is 6.07 Å². The summed E-state index contributed by atoms with van der Waals surface area (Å²) in [6.45, 7) is 1.92. The lowest BCUT2D eigenvalue weighted by atomic mass is 10.1. The van der Waals surface area contributed by atoms with Gasteiger partial charge in [0.05, 0.1) is 16.9 Å². The van der Waals surface area contributed by atoms with Crippen LogP contribution in [0.5, 0.6) is 0 Å². The molecule has 2 aliphatic rings. The van der Waals surface area contributed by atoms with Crippen LogP contribution in [0.15, 0.2) is 34.8 Å². The van der Waals surface area contributed by atoms with Crippen molar-refractivity contribution in [3.8, 4) is 11.3 Å². The van der Waals surface area contributed by atoms with Crippen molar-refractivity contribution in [1.82, 2.24) is 4.98 Å². The Kier molecular flexibility index (Phi) is 3.30. The lowest BCUT2D eigenvalue weighted by Crippen LogP contribution is -2.32. The number of nitrogens with zero attached hydrogens (tertiary/aromatic N) is 2. The van der Waals surface area contributed by atoms with E-state index in [0.717, 1.165) is 43.1 Å². The Labute approximate surface area is 139 Å². The van der Waals surface area contributed by atoms with Gasteiger partial charge in [-0.05, 0) is 40.5 Å². The van der Waals surface area contributed by atoms with Crippen molar-refractivity contribution in [1.29, 1.82) is 0 Å². The maximum absolute atomic E-state index is 12.9. The summed E-state index contributed by atoms with van der Waals surface area (Å²) in [5.74, 6) is 0.745. The Hall–Kier alpha value is -1.76. The first kappa shape index (κ1) is 14.8. The summed E-state index contributed by atoms with van der Waals surface area (Å²) in [5, 5.41) is 3.37. The summed E-state index contributed by atoms with van der Waals surface area (Å²) in [6.07, 6.45) is -3.31. The van der Waals surface area contributed by atoms with Crippen LogP contribution >= 0.6 is 15.9 Å². The average Bonchev–Trinajstić information content (AvgIpc) is 2.90. The van der Waals surface area contributed by atoms with Crippen LogP contribution < -0.4 is 10.2 Å². The number of nitrogens with one attached hydrogen (secondary N) is 1. The second kappa shape index (κ2) is 5.12. The predicted octanol–water partition coefficient (Wildman–Crippen LogP) is 4.53. The first-order valence-corrected chi connectivity index (χ1v) is 8.11. The summed E-state index contributed by atoms with van der Waals surface area (Å²) >= 11 is 3.46. The van der Waals surface area contributed by atoms with Crippen LogP contribution in [0, 0.1) is 0 Å². The predicted molar refractivity (Wildman–Crippen MR) is 86.6 cm³/mol. The van der Waals surface area contributed by atoms with Gasteiger partial charge in [-0.25, -0.2) is 4.98 Å². The number of rotatable bonds is 1. The van der Waals surface area contributed by atoms with Crippen molar-refractivity contribution in [2.75, 3.05) is 23.3 Å². The minimum atomic E-state index is -4.36. The van der Waals surface area contributed by atoms with Crippen LogP contribution in [0.4, 0.5) is 24.7 Å². The van der Waals surface area contributed by atoms with Gasteiger partial charge in [0.2, 0.25) is 0 Å². The molecule has 23 heavy (non-hydrogen) atoms. The molecule has 3 nitrogen and oxygen atoms in total. The van der Waals surface area contributed by atoms with Crippen LogP contribution in [-0.4, -0.2) is 24.1 Å². The topological polar surface area (TPSA) is 28.2 Å². The van der Waals surface area contributed by atoms with E-state index in [0.29, 0.717) is 21.8 Å². The number of alkyl halides is 3. The molecule has 2 aromatic rings. The first-order chi connectivity index (χ1) is 10.9. The zero-order valence-electron chi connectivity index (χ0n) is 12.0. The quantitative estimate of drug-likeness (QED) is 0.783. The number of anilines is 2. The minimum Gasteiger partial charge on any atom is -0.366 e. The highest BCUT2D eigenvalue weighted by Gasteiger charge is 2.33. The van der Waals surface area contributed by atoms with E-state index >= 15 is 0 Å². The molecule has 120 valence electrons. The van der Waals surface area contributed by atoms with Gasteiger partial charge in [0.25, 0.3) is 0 Å². The number of halogens is 4. The van der Waals surface area contributed by atoms with Crippen molar-refractivity contribution in [2.24, 2.45) is 0 Å². The molecule has 1 aromatic heterocycles. The smallest absolute Gasteiger partial charge is 0.366 e. The molecule has 2 aliphatic heterocycles. The molecule has 3 heterocycles. The fourth-order valence-electron chi connectivity index (χ4n) is 3.16. The maximum atomic E-state index is 12.9. The monoisotopic (exact) mass is 383 g/mol. The van der Waals surface area contributed by atoms with Gasteiger partial charge in [0.15, 0.2) is 5.82 Å². The van der Waals surface area contributed by atoms with Crippen molar-refractivity contribution >= 4 is 27.4 Å². The SMILES string of the molecule is FC(F)(F)c1cccc(-c2nc3c(cc2Br)N2CC[C@@H](C2)N3)c1. The summed E-state index contributed by atoms with van der Waals surface area (Å²) < 4.78 is 39.4.